The Morgan fingerprint density at radius 3 is 2.48 bits per heavy atom. The Morgan fingerprint density at radius 1 is 1.07 bits per heavy atom. The molecule has 4 heteroatoms. The van der Waals surface area contributed by atoms with Gasteiger partial charge in [0.2, 0.25) is 0 Å². The quantitative estimate of drug-likeness (QED) is 0.792. The number of aryl methyl sites for hydroxylation is 1. The molecular weight excluding hydrogens is 336 g/mol. The summed E-state index contributed by atoms with van der Waals surface area (Å²) >= 11 is 0. The molecule has 2 aromatic rings. The van der Waals surface area contributed by atoms with E-state index in [2.05, 4.69) is 41.4 Å². The fraction of sp³-hybridized carbons (Fsp3) is 0.435. The van der Waals surface area contributed by atoms with E-state index < -0.39 is 0 Å². The first kappa shape index (κ1) is 19.4. The van der Waals surface area contributed by atoms with Gasteiger partial charge in [-0.05, 0) is 57.5 Å². The molecule has 0 radical (unpaired) electrons. The summed E-state index contributed by atoms with van der Waals surface area (Å²) in [6.07, 6.45) is 3.75. The molecule has 1 N–H and O–H groups in total. The lowest BCUT2D eigenvalue weighted by Gasteiger charge is -2.35. The molecule has 0 saturated carbocycles. The van der Waals surface area contributed by atoms with Crippen LogP contribution < -0.4 is 10.1 Å². The number of likely N-dealkylation sites (tertiary alicyclic amines) is 1. The topological polar surface area (TPSA) is 41.6 Å². The van der Waals surface area contributed by atoms with Gasteiger partial charge < -0.3 is 10.1 Å². The summed E-state index contributed by atoms with van der Waals surface area (Å²) in [5.41, 5.74) is 3.12. The average Bonchev–Trinajstić information content (AvgIpc) is 2.71. The summed E-state index contributed by atoms with van der Waals surface area (Å²) in [5.74, 6) is 0.565. The zero-order valence-electron chi connectivity index (χ0n) is 16.4. The maximum Gasteiger partial charge on any atom is 0.255 e. The van der Waals surface area contributed by atoms with Crippen LogP contribution in [0.25, 0.3) is 0 Å². The molecule has 1 aliphatic heterocycles. The molecule has 1 fully saturated rings. The van der Waals surface area contributed by atoms with E-state index in [1.54, 1.807) is 0 Å². The van der Waals surface area contributed by atoms with Gasteiger partial charge in [-0.2, -0.15) is 0 Å². The lowest BCUT2D eigenvalue weighted by Crippen LogP contribution is -2.40. The third-order valence-corrected chi connectivity index (χ3v) is 5.18. The van der Waals surface area contributed by atoms with Crippen molar-refractivity contribution in [3.63, 3.8) is 0 Å². The van der Waals surface area contributed by atoms with Crippen LogP contribution in [0.3, 0.4) is 0 Å². The van der Waals surface area contributed by atoms with Gasteiger partial charge in [0.25, 0.3) is 5.91 Å². The van der Waals surface area contributed by atoms with Crippen molar-refractivity contribution >= 4 is 5.91 Å². The van der Waals surface area contributed by atoms with Crippen molar-refractivity contribution < 1.29 is 9.53 Å². The van der Waals surface area contributed by atoms with E-state index in [0.29, 0.717) is 24.5 Å². The van der Waals surface area contributed by atoms with E-state index in [-0.39, 0.29) is 11.9 Å². The Morgan fingerprint density at radius 2 is 1.78 bits per heavy atom. The summed E-state index contributed by atoms with van der Waals surface area (Å²) in [6, 6.07) is 16.3. The van der Waals surface area contributed by atoms with E-state index in [1.165, 1.54) is 30.4 Å². The number of carbonyl (C=O) groups is 1. The first-order chi connectivity index (χ1) is 13.2. The minimum Gasteiger partial charge on any atom is -0.493 e. The van der Waals surface area contributed by atoms with E-state index in [1.807, 2.05) is 31.2 Å². The van der Waals surface area contributed by atoms with Crippen LogP contribution in [0.2, 0.25) is 0 Å². The molecule has 1 heterocycles. The second-order valence-corrected chi connectivity index (χ2v) is 7.16. The molecule has 144 valence electrons. The first-order valence-corrected chi connectivity index (χ1v) is 9.99. The lowest BCUT2D eigenvalue weighted by atomic mass is 10.0. The van der Waals surface area contributed by atoms with Crippen LogP contribution in [0.4, 0.5) is 0 Å². The average molecular weight is 367 g/mol. The highest BCUT2D eigenvalue weighted by molar-refractivity contribution is 5.96. The summed E-state index contributed by atoms with van der Waals surface area (Å²) in [4.78, 5) is 15.3. The normalized spacial score (nSPS) is 15.9. The van der Waals surface area contributed by atoms with Crippen molar-refractivity contribution in [2.75, 3.05) is 26.2 Å². The van der Waals surface area contributed by atoms with Crippen LogP contribution in [0.5, 0.6) is 5.75 Å². The standard InChI is InChI=1S/C23H30N2O2/c1-3-27-22-10-6-5-9-20(22)23(26)24-17-21(25-15-7-4-8-16-25)19-13-11-18(2)12-14-19/h5-6,9-14,21H,3-4,7-8,15-17H2,1-2H3,(H,24,26)/t21-/m0/s1. The molecule has 1 amide bonds. The molecular formula is C23H30N2O2. The Hall–Kier alpha value is -2.33. The first-order valence-electron chi connectivity index (χ1n) is 9.99. The molecule has 0 spiro atoms. The molecule has 0 bridgehead atoms. The van der Waals surface area contributed by atoms with Crippen LogP contribution in [-0.4, -0.2) is 37.0 Å². The Bertz CT molecular complexity index is 736. The minimum atomic E-state index is -0.0758. The predicted molar refractivity (Wildman–Crippen MR) is 109 cm³/mol. The smallest absolute Gasteiger partial charge is 0.255 e. The number of carbonyl (C=O) groups excluding carboxylic acids is 1. The van der Waals surface area contributed by atoms with Gasteiger partial charge in [-0.1, -0.05) is 48.4 Å². The van der Waals surface area contributed by atoms with Crippen LogP contribution in [0.1, 0.15) is 53.7 Å². The van der Waals surface area contributed by atoms with E-state index >= 15 is 0 Å². The van der Waals surface area contributed by atoms with E-state index in [9.17, 15) is 4.79 Å². The van der Waals surface area contributed by atoms with Crippen molar-refractivity contribution in [2.24, 2.45) is 0 Å². The van der Waals surface area contributed by atoms with Crippen LogP contribution in [0.15, 0.2) is 48.5 Å². The molecule has 0 aromatic heterocycles. The molecule has 1 saturated heterocycles. The second kappa shape index (κ2) is 9.56. The van der Waals surface area contributed by atoms with Gasteiger partial charge in [0.1, 0.15) is 5.75 Å². The number of para-hydroxylation sites is 1. The number of rotatable bonds is 7. The van der Waals surface area contributed by atoms with Gasteiger partial charge in [0, 0.05) is 6.54 Å². The Balaban J connectivity index is 1.74. The predicted octanol–water partition coefficient (Wildman–Crippen LogP) is 4.35. The molecule has 4 nitrogen and oxygen atoms in total. The van der Waals surface area contributed by atoms with Crippen molar-refractivity contribution in [1.29, 1.82) is 0 Å². The number of ether oxygens (including phenoxy) is 1. The van der Waals surface area contributed by atoms with Crippen molar-refractivity contribution in [1.82, 2.24) is 10.2 Å². The zero-order valence-corrected chi connectivity index (χ0v) is 16.4. The number of amides is 1. The van der Waals surface area contributed by atoms with Crippen LogP contribution in [-0.2, 0) is 0 Å². The van der Waals surface area contributed by atoms with Crippen molar-refractivity contribution in [2.45, 2.75) is 39.2 Å². The van der Waals surface area contributed by atoms with Gasteiger partial charge in [-0.3, -0.25) is 9.69 Å². The van der Waals surface area contributed by atoms with Gasteiger partial charge in [-0.25, -0.2) is 0 Å². The SMILES string of the molecule is CCOc1ccccc1C(=O)NC[C@@H](c1ccc(C)cc1)N1CCCCC1. The number of benzene rings is 2. The summed E-state index contributed by atoms with van der Waals surface area (Å²) in [7, 11) is 0. The molecule has 1 atom stereocenters. The maximum absolute atomic E-state index is 12.8. The summed E-state index contributed by atoms with van der Waals surface area (Å²) in [5, 5.41) is 3.15. The minimum absolute atomic E-state index is 0.0758. The number of hydrogen-bond acceptors (Lipinski definition) is 3. The number of nitrogens with one attached hydrogen (secondary N) is 1. The maximum atomic E-state index is 12.8. The fourth-order valence-electron chi connectivity index (χ4n) is 3.70. The molecule has 3 rings (SSSR count). The Kier molecular flexibility index (Phi) is 6.88. The largest absolute Gasteiger partial charge is 0.493 e. The highest BCUT2D eigenvalue weighted by Gasteiger charge is 2.23. The zero-order chi connectivity index (χ0) is 19.1. The molecule has 0 unspecified atom stereocenters. The third kappa shape index (κ3) is 5.10. The molecule has 27 heavy (non-hydrogen) atoms. The van der Waals surface area contributed by atoms with Gasteiger partial charge in [-0.15, -0.1) is 0 Å². The molecule has 2 aromatic carbocycles. The number of piperidine rings is 1. The highest BCUT2D eigenvalue weighted by atomic mass is 16.5. The monoisotopic (exact) mass is 366 g/mol. The number of nitrogens with zero attached hydrogens (tertiary/aromatic N) is 1. The van der Waals surface area contributed by atoms with E-state index in [0.717, 1.165) is 13.1 Å². The van der Waals surface area contributed by atoms with Crippen molar-refractivity contribution in [3.05, 3.63) is 65.2 Å². The Labute approximate surface area is 162 Å². The van der Waals surface area contributed by atoms with E-state index in [4.69, 9.17) is 4.74 Å². The number of hydrogen-bond donors (Lipinski definition) is 1. The molecule has 1 aliphatic rings. The van der Waals surface area contributed by atoms with Crippen molar-refractivity contribution in [3.8, 4) is 5.75 Å². The summed E-state index contributed by atoms with van der Waals surface area (Å²) < 4.78 is 5.61. The molecule has 0 aliphatic carbocycles. The fourth-order valence-corrected chi connectivity index (χ4v) is 3.70. The second-order valence-electron chi connectivity index (χ2n) is 7.16. The van der Waals surface area contributed by atoms with Gasteiger partial charge >= 0.3 is 0 Å². The van der Waals surface area contributed by atoms with Gasteiger partial charge in [0.15, 0.2) is 0 Å². The third-order valence-electron chi connectivity index (χ3n) is 5.18. The lowest BCUT2D eigenvalue weighted by molar-refractivity contribution is 0.0920. The highest BCUT2D eigenvalue weighted by Crippen LogP contribution is 2.25. The van der Waals surface area contributed by atoms with Gasteiger partial charge in [0.05, 0.1) is 18.2 Å². The van der Waals surface area contributed by atoms with Crippen LogP contribution in [0, 0.1) is 6.92 Å². The summed E-state index contributed by atoms with van der Waals surface area (Å²) in [6.45, 7) is 7.35. The van der Waals surface area contributed by atoms with Crippen LogP contribution >= 0.6 is 0 Å².